The fourth-order valence-electron chi connectivity index (χ4n) is 1.37. The van der Waals surface area contributed by atoms with E-state index < -0.39 is 0 Å². The molecule has 1 unspecified atom stereocenters. The molecule has 1 heterocycles. The van der Waals surface area contributed by atoms with Crippen molar-refractivity contribution < 1.29 is 4.74 Å². The first-order chi connectivity index (χ1) is 8.19. The molecule has 0 fully saturated rings. The lowest BCUT2D eigenvalue weighted by Crippen LogP contribution is -2.27. The molecule has 4 nitrogen and oxygen atoms in total. The van der Waals surface area contributed by atoms with Gasteiger partial charge in [-0.15, -0.1) is 0 Å². The molecule has 1 aromatic heterocycles. The minimum atomic E-state index is -0.0300. The van der Waals surface area contributed by atoms with Crippen LogP contribution < -0.4 is 10.1 Å². The van der Waals surface area contributed by atoms with Gasteiger partial charge in [0.15, 0.2) is 5.75 Å². The first-order valence-corrected chi connectivity index (χ1v) is 6.13. The largest absolute Gasteiger partial charge is 0.472 e. The quantitative estimate of drug-likeness (QED) is 0.881. The Morgan fingerprint density at radius 2 is 2.06 bits per heavy atom. The first kappa shape index (κ1) is 12.1. The van der Waals surface area contributed by atoms with Crippen LogP contribution in [0.2, 0.25) is 0 Å². The molecular formula is C12H14BrN3O. The summed E-state index contributed by atoms with van der Waals surface area (Å²) in [5, 5.41) is 7.26. The Labute approximate surface area is 109 Å². The van der Waals surface area contributed by atoms with Crippen molar-refractivity contribution in [2.75, 3.05) is 7.05 Å². The minimum Gasteiger partial charge on any atom is -0.472 e. The normalized spacial score (nSPS) is 12.4. The third-order valence-electron chi connectivity index (χ3n) is 2.37. The van der Waals surface area contributed by atoms with E-state index in [2.05, 4.69) is 26.3 Å². The molecule has 1 N–H and O–H groups in total. The van der Waals surface area contributed by atoms with E-state index in [1.54, 1.807) is 10.9 Å². The molecule has 1 aromatic carbocycles. The molecule has 17 heavy (non-hydrogen) atoms. The fourth-order valence-corrected chi connectivity index (χ4v) is 1.63. The predicted octanol–water partition coefficient (Wildman–Crippen LogP) is 2.58. The zero-order valence-electron chi connectivity index (χ0n) is 9.72. The van der Waals surface area contributed by atoms with Crippen LogP contribution in [0.15, 0.2) is 41.1 Å². The first-order valence-electron chi connectivity index (χ1n) is 5.33. The maximum absolute atomic E-state index is 5.59. The van der Waals surface area contributed by atoms with Crippen LogP contribution in [0.4, 0.5) is 0 Å². The van der Waals surface area contributed by atoms with Gasteiger partial charge in [0.2, 0.25) is 0 Å². The van der Waals surface area contributed by atoms with Crippen molar-refractivity contribution >= 4 is 15.9 Å². The highest BCUT2D eigenvalue weighted by atomic mass is 79.9. The van der Waals surface area contributed by atoms with Crippen molar-refractivity contribution in [3.8, 4) is 11.4 Å². The molecule has 90 valence electrons. The van der Waals surface area contributed by atoms with E-state index in [1.807, 2.05) is 44.4 Å². The van der Waals surface area contributed by atoms with Gasteiger partial charge >= 0.3 is 0 Å². The summed E-state index contributed by atoms with van der Waals surface area (Å²) in [6.07, 6.45) is 3.53. The van der Waals surface area contributed by atoms with Crippen molar-refractivity contribution in [1.29, 1.82) is 0 Å². The molecule has 0 amide bonds. The highest BCUT2D eigenvalue weighted by Crippen LogP contribution is 2.17. The molecule has 0 aliphatic heterocycles. The maximum Gasteiger partial charge on any atom is 0.160 e. The van der Waals surface area contributed by atoms with Crippen molar-refractivity contribution in [3.05, 3.63) is 41.1 Å². The van der Waals surface area contributed by atoms with E-state index in [0.717, 1.165) is 15.9 Å². The smallest absolute Gasteiger partial charge is 0.160 e. The van der Waals surface area contributed by atoms with Gasteiger partial charge in [-0.3, -0.25) is 5.32 Å². The average Bonchev–Trinajstić information content (AvgIpc) is 2.78. The molecule has 0 saturated carbocycles. The van der Waals surface area contributed by atoms with Crippen LogP contribution in [0.3, 0.4) is 0 Å². The molecule has 0 spiro atoms. The van der Waals surface area contributed by atoms with Gasteiger partial charge in [0.05, 0.1) is 18.1 Å². The summed E-state index contributed by atoms with van der Waals surface area (Å²) < 4.78 is 8.42. The zero-order valence-corrected chi connectivity index (χ0v) is 11.3. The van der Waals surface area contributed by atoms with Crippen LogP contribution in [-0.4, -0.2) is 23.1 Å². The Hall–Kier alpha value is -1.33. The monoisotopic (exact) mass is 295 g/mol. The number of ether oxygens (including phenoxy) is 1. The van der Waals surface area contributed by atoms with E-state index in [1.165, 1.54) is 0 Å². The standard InChI is InChI=1S/C12H14BrN3O/c1-9(14-2)17-12-7-15-16(8-12)11-5-3-10(13)4-6-11/h3-9,14H,1-2H3. The second-order valence-electron chi connectivity index (χ2n) is 3.65. The van der Waals surface area contributed by atoms with Crippen molar-refractivity contribution in [3.63, 3.8) is 0 Å². The Kier molecular flexibility index (Phi) is 3.81. The van der Waals surface area contributed by atoms with Crippen molar-refractivity contribution in [1.82, 2.24) is 15.1 Å². The summed E-state index contributed by atoms with van der Waals surface area (Å²) >= 11 is 3.40. The predicted molar refractivity (Wildman–Crippen MR) is 70.4 cm³/mol. The number of hydrogen-bond acceptors (Lipinski definition) is 3. The van der Waals surface area contributed by atoms with E-state index >= 15 is 0 Å². The molecule has 0 bridgehead atoms. The number of benzene rings is 1. The lowest BCUT2D eigenvalue weighted by atomic mass is 10.3. The number of hydrogen-bond donors (Lipinski definition) is 1. The number of aromatic nitrogens is 2. The van der Waals surface area contributed by atoms with Gasteiger partial charge in [-0.25, -0.2) is 4.68 Å². The number of nitrogens with one attached hydrogen (secondary N) is 1. The van der Waals surface area contributed by atoms with Crippen LogP contribution in [0.5, 0.6) is 5.75 Å². The average molecular weight is 296 g/mol. The second-order valence-corrected chi connectivity index (χ2v) is 4.56. The molecule has 0 aliphatic rings. The van der Waals surface area contributed by atoms with E-state index in [-0.39, 0.29) is 6.23 Å². The van der Waals surface area contributed by atoms with E-state index in [0.29, 0.717) is 0 Å². The topological polar surface area (TPSA) is 39.1 Å². The SMILES string of the molecule is CNC(C)Oc1cnn(-c2ccc(Br)cc2)c1. The van der Waals surface area contributed by atoms with Crippen LogP contribution in [0.1, 0.15) is 6.92 Å². The molecule has 2 aromatic rings. The molecule has 0 saturated heterocycles. The van der Waals surface area contributed by atoms with Gasteiger partial charge in [-0.2, -0.15) is 5.10 Å². The highest BCUT2D eigenvalue weighted by molar-refractivity contribution is 9.10. The fraction of sp³-hybridized carbons (Fsp3) is 0.250. The van der Waals surface area contributed by atoms with E-state index in [4.69, 9.17) is 4.74 Å². The third-order valence-corrected chi connectivity index (χ3v) is 2.90. The van der Waals surface area contributed by atoms with Crippen LogP contribution >= 0.6 is 15.9 Å². The third kappa shape index (κ3) is 3.08. The van der Waals surface area contributed by atoms with Gasteiger partial charge in [-0.1, -0.05) is 15.9 Å². The Balaban J connectivity index is 2.15. The van der Waals surface area contributed by atoms with Crippen LogP contribution in [-0.2, 0) is 0 Å². The second kappa shape index (κ2) is 5.33. The van der Waals surface area contributed by atoms with E-state index in [9.17, 15) is 0 Å². The molecule has 5 heteroatoms. The summed E-state index contributed by atoms with van der Waals surface area (Å²) in [4.78, 5) is 0. The summed E-state index contributed by atoms with van der Waals surface area (Å²) in [7, 11) is 1.85. The molecular weight excluding hydrogens is 282 g/mol. The van der Waals surface area contributed by atoms with Crippen LogP contribution in [0.25, 0.3) is 5.69 Å². The zero-order chi connectivity index (χ0) is 12.3. The summed E-state index contributed by atoms with van der Waals surface area (Å²) in [5.41, 5.74) is 1.00. The maximum atomic E-state index is 5.59. The lowest BCUT2D eigenvalue weighted by Gasteiger charge is -2.10. The minimum absolute atomic E-state index is 0.0300. The van der Waals surface area contributed by atoms with Gasteiger partial charge in [-0.05, 0) is 38.2 Å². The molecule has 2 rings (SSSR count). The summed E-state index contributed by atoms with van der Waals surface area (Å²) in [5.74, 6) is 0.745. The number of rotatable bonds is 4. The Morgan fingerprint density at radius 3 is 2.71 bits per heavy atom. The van der Waals surface area contributed by atoms with Crippen molar-refractivity contribution in [2.24, 2.45) is 0 Å². The number of nitrogens with zero attached hydrogens (tertiary/aromatic N) is 2. The van der Waals surface area contributed by atoms with Gasteiger partial charge < -0.3 is 4.74 Å². The number of halogens is 1. The molecule has 1 atom stereocenters. The van der Waals surface area contributed by atoms with Gasteiger partial charge in [0.25, 0.3) is 0 Å². The summed E-state index contributed by atoms with van der Waals surface area (Å²) in [6.45, 7) is 1.94. The molecule has 0 radical (unpaired) electrons. The summed E-state index contributed by atoms with van der Waals surface area (Å²) in [6, 6.07) is 7.94. The lowest BCUT2D eigenvalue weighted by molar-refractivity contribution is 0.193. The van der Waals surface area contributed by atoms with Gasteiger partial charge in [0, 0.05) is 4.47 Å². The Bertz CT molecular complexity index is 481. The molecule has 0 aliphatic carbocycles. The van der Waals surface area contributed by atoms with Gasteiger partial charge in [0.1, 0.15) is 6.23 Å². The van der Waals surface area contributed by atoms with Crippen LogP contribution in [0, 0.1) is 0 Å². The highest BCUT2D eigenvalue weighted by Gasteiger charge is 2.04. The Morgan fingerprint density at radius 1 is 1.35 bits per heavy atom. The van der Waals surface area contributed by atoms with Crippen molar-refractivity contribution in [2.45, 2.75) is 13.2 Å².